The Hall–Kier alpha value is -1.20. The lowest BCUT2D eigenvalue weighted by Gasteiger charge is -2.02. The van der Waals surface area contributed by atoms with Crippen molar-refractivity contribution in [2.75, 3.05) is 5.73 Å². The van der Waals surface area contributed by atoms with Crippen LogP contribution < -0.4 is 5.73 Å². The van der Waals surface area contributed by atoms with Gasteiger partial charge >= 0.3 is 0 Å². The number of hydrogen-bond donors (Lipinski definition) is 1. The highest BCUT2D eigenvalue weighted by atomic mass is 35.5. The lowest BCUT2D eigenvalue weighted by atomic mass is 10.2. The van der Waals surface area contributed by atoms with Crippen molar-refractivity contribution in [3.63, 3.8) is 0 Å². The summed E-state index contributed by atoms with van der Waals surface area (Å²) >= 11 is 7.64. The maximum absolute atomic E-state index is 6.09. The predicted octanol–water partition coefficient (Wildman–Crippen LogP) is 3.94. The third-order valence-electron chi connectivity index (χ3n) is 2.57. The molecular weight excluding hydrogens is 282 g/mol. The number of aryl methyl sites for hydroxylation is 1. The summed E-state index contributed by atoms with van der Waals surface area (Å²) in [4.78, 5) is 5.27. The fourth-order valence-corrected chi connectivity index (χ4v) is 2.66. The number of unbranched alkanes of at least 4 members (excludes halogenated alkanes) is 1. The van der Waals surface area contributed by atoms with Gasteiger partial charge < -0.3 is 10.3 Å². The van der Waals surface area contributed by atoms with Crippen LogP contribution >= 0.6 is 23.4 Å². The number of nitrogens with two attached hydrogens (primary N) is 1. The third kappa shape index (κ3) is 4.14. The molecule has 0 atom stereocenters. The normalized spacial score (nSPS) is 10.8. The summed E-state index contributed by atoms with van der Waals surface area (Å²) in [5.74, 6) is 1.99. The summed E-state index contributed by atoms with van der Waals surface area (Å²) in [6.45, 7) is 2.14. The van der Waals surface area contributed by atoms with Gasteiger partial charge in [-0.05, 0) is 24.6 Å². The number of benzene rings is 1. The summed E-state index contributed by atoms with van der Waals surface area (Å²) in [5.41, 5.74) is 6.43. The summed E-state index contributed by atoms with van der Waals surface area (Å²) in [6.07, 6.45) is 3.06. The standard InChI is InChI=1S/C13H16ClN3OS/c1-2-3-4-12-16-13(18-17-12)8-19-11-7-9(15)5-6-10(11)14/h5-7H,2-4,8,15H2,1H3. The maximum atomic E-state index is 6.09. The van der Waals surface area contributed by atoms with Crippen LogP contribution in [0.15, 0.2) is 27.6 Å². The minimum Gasteiger partial charge on any atom is -0.399 e. The zero-order valence-corrected chi connectivity index (χ0v) is 12.3. The highest BCUT2D eigenvalue weighted by molar-refractivity contribution is 7.98. The molecule has 1 aromatic heterocycles. The van der Waals surface area contributed by atoms with Crippen molar-refractivity contribution in [2.45, 2.75) is 36.8 Å². The molecule has 2 aromatic rings. The average molecular weight is 298 g/mol. The predicted molar refractivity (Wildman–Crippen MR) is 78.3 cm³/mol. The van der Waals surface area contributed by atoms with Crippen molar-refractivity contribution in [2.24, 2.45) is 0 Å². The van der Waals surface area contributed by atoms with Gasteiger partial charge in [0.15, 0.2) is 5.82 Å². The van der Waals surface area contributed by atoms with Gasteiger partial charge in [0.25, 0.3) is 0 Å². The Morgan fingerprint density at radius 2 is 2.26 bits per heavy atom. The Balaban J connectivity index is 1.94. The van der Waals surface area contributed by atoms with E-state index in [1.165, 1.54) is 0 Å². The van der Waals surface area contributed by atoms with Crippen molar-refractivity contribution in [1.82, 2.24) is 10.1 Å². The zero-order chi connectivity index (χ0) is 13.7. The second-order valence-electron chi connectivity index (χ2n) is 4.19. The maximum Gasteiger partial charge on any atom is 0.237 e. The van der Waals surface area contributed by atoms with Gasteiger partial charge in [0.1, 0.15) is 0 Å². The van der Waals surface area contributed by atoms with Crippen LogP contribution in [0.25, 0.3) is 0 Å². The molecule has 0 aliphatic heterocycles. The molecule has 0 radical (unpaired) electrons. The van der Waals surface area contributed by atoms with Crippen molar-refractivity contribution in [3.8, 4) is 0 Å². The van der Waals surface area contributed by atoms with E-state index in [4.69, 9.17) is 21.9 Å². The van der Waals surface area contributed by atoms with E-state index in [-0.39, 0.29) is 0 Å². The second kappa shape index (κ2) is 6.82. The molecule has 1 aromatic carbocycles. The monoisotopic (exact) mass is 297 g/mol. The van der Waals surface area contributed by atoms with Crippen molar-refractivity contribution < 1.29 is 4.52 Å². The summed E-state index contributed by atoms with van der Waals surface area (Å²) in [6, 6.07) is 5.42. The molecule has 0 amide bonds. The summed E-state index contributed by atoms with van der Waals surface area (Å²) in [5, 5.41) is 4.63. The number of anilines is 1. The Morgan fingerprint density at radius 1 is 1.42 bits per heavy atom. The van der Waals surface area contributed by atoms with Crippen molar-refractivity contribution in [3.05, 3.63) is 34.9 Å². The van der Waals surface area contributed by atoms with Gasteiger partial charge in [0, 0.05) is 17.0 Å². The smallest absolute Gasteiger partial charge is 0.237 e. The topological polar surface area (TPSA) is 64.9 Å². The first kappa shape index (κ1) is 14.2. The number of nitrogen functional groups attached to an aromatic ring is 1. The number of thioether (sulfide) groups is 1. The van der Waals surface area contributed by atoms with Crippen LogP contribution in [0.1, 0.15) is 31.5 Å². The van der Waals surface area contributed by atoms with Crippen LogP contribution in [-0.4, -0.2) is 10.1 Å². The van der Waals surface area contributed by atoms with Crippen LogP contribution in [0, 0.1) is 0 Å². The van der Waals surface area contributed by atoms with Crippen LogP contribution in [0.4, 0.5) is 5.69 Å². The number of nitrogens with zero attached hydrogens (tertiary/aromatic N) is 2. The number of rotatable bonds is 6. The fourth-order valence-electron chi connectivity index (χ4n) is 1.56. The molecule has 0 bridgehead atoms. The SMILES string of the molecule is CCCCc1noc(CSc2cc(N)ccc2Cl)n1. The quantitative estimate of drug-likeness (QED) is 0.646. The molecule has 2 N–H and O–H groups in total. The Bertz CT molecular complexity index is 544. The molecule has 6 heteroatoms. The molecule has 4 nitrogen and oxygen atoms in total. The van der Waals surface area contributed by atoms with E-state index in [2.05, 4.69) is 17.1 Å². The van der Waals surface area contributed by atoms with Gasteiger partial charge in [-0.3, -0.25) is 0 Å². The molecule has 0 aliphatic carbocycles. The minimum absolute atomic E-state index is 0.600. The Morgan fingerprint density at radius 3 is 3.05 bits per heavy atom. The third-order valence-corrected chi connectivity index (χ3v) is 4.05. The van der Waals surface area contributed by atoms with Gasteiger partial charge in [-0.25, -0.2) is 0 Å². The van der Waals surface area contributed by atoms with E-state index < -0.39 is 0 Å². The molecule has 0 unspecified atom stereocenters. The largest absolute Gasteiger partial charge is 0.399 e. The molecule has 1 heterocycles. The molecule has 0 aliphatic rings. The first-order chi connectivity index (χ1) is 9.19. The Kier molecular flexibility index (Phi) is 5.10. The van der Waals surface area contributed by atoms with Gasteiger partial charge in [0.2, 0.25) is 5.89 Å². The number of aromatic nitrogens is 2. The lowest BCUT2D eigenvalue weighted by molar-refractivity contribution is 0.384. The molecule has 102 valence electrons. The van der Waals surface area contributed by atoms with Gasteiger partial charge in [-0.15, -0.1) is 11.8 Å². The van der Waals surface area contributed by atoms with Crippen molar-refractivity contribution in [1.29, 1.82) is 0 Å². The number of hydrogen-bond acceptors (Lipinski definition) is 5. The average Bonchev–Trinajstić information content (AvgIpc) is 2.85. The lowest BCUT2D eigenvalue weighted by Crippen LogP contribution is -1.89. The zero-order valence-electron chi connectivity index (χ0n) is 10.7. The van der Waals surface area contributed by atoms with Crippen LogP contribution in [-0.2, 0) is 12.2 Å². The van der Waals surface area contributed by atoms with E-state index in [1.807, 2.05) is 6.07 Å². The van der Waals surface area contributed by atoms with Crippen LogP contribution in [0.5, 0.6) is 0 Å². The molecule has 0 saturated heterocycles. The Labute approximate surface area is 121 Å². The summed E-state index contributed by atoms with van der Waals surface area (Å²) in [7, 11) is 0. The molecular formula is C13H16ClN3OS. The fraction of sp³-hybridized carbons (Fsp3) is 0.385. The highest BCUT2D eigenvalue weighted by Crippen LogP contribution is 2.31. The van der Waals surface area contributed by atoms with Crippen LogP contribution in [0.2, 0.25) is 5.02 Å². The molecule has 0 saturated carbocycles. The highest BCUT2D eigenvalue weighted by Gasteiger charge is 2.08. The van der Waals surface area contributed by atoms with Gasteiger partial charge in [0.05, 0.1) is 10.8 Å². The van der Waals surface area contributed by atoms with E-state index in [0.717, 1.165) is 30.0 Å². The van der Waals surface area contributed by atoms with Crippen LogP contribution in [0.3, 0.4) is 0 Å². The molecule has 2 rings (SSSR count). The van der Waals surface area contributed by atoms with Gasteiger partial charge in [-0.1, -0.05) is 30.1 Å². The van der Waals surface area contributed by atoms with E-state index in [0.29, 0.717) is 22.4 Å². The van der Waals surface area contributed by atoms with E-state index in [1.54, 1.807) is 23.9 Å². The van der Waals surface area contributed by atoms with Gasteiger partial charge in [-0.2, -0.15) is 4.98 Å². The summed E-state index contributed by atoms with van der Waals surface area (Å²) < 4.78 is 5.20. The first-order valence-corrected chi connectivity index (χ1v) is 7.54. The van der Waals surface area contributed by atoms with E-state index >= 15 is 0 Å². The molecule has 0 spiro atoms. The van der Waals surface area contributed by atoms with Crippen molar-refractivity contribution >= 4 is 29.1 Å². The number of halogens is 1. The molecule has 19 heavy (non-hydrogen) atoms. The van der Waals surface area contributed by atoms with E-state index in [9.17, 15) is 0 Å². The first-order valence-electron chi connectivity index (χ1n) is 6.18. The second-order valence-corrected chi connectivity index (χ2v) is 5.61. The molecule has 0 fully saturated rings. The minimum atomic E-state index is 0.600.